The number of hydrogen-bond acceptors (Lipinski definition) is 5. The second-order valence-corrected chi connectivity index (χ2v) is 7.83. The van der Waals surface area contributed by atoms with Crippen molar-refractivity contribution in [1.82, 2.24) is 10.3 Å². The number of nitrogens with zero attached hydrogens (tertiary/aromatic N) is 1. The van der Waals surface area contributed by atoms with Gasteiger partial charge in [-0.3, -0.25) is 0 Å². The number of rotatable bonds is 10. The fourth-order valence-corrected chi connectivity index (χ4v) is 3.71. The van der Waals surface area contributed by atoms with Gasteiger partial charge in [-0.15, -0.1) is 0 Å². The van der Waals surface area contributed by atoms with Crippen LogP contribution in [-0.2, 0) is 0 Å². The molecule has 1 aromatic heterocycles. The van der Waals surface area contributed by atoms with E-state index in [-0.39, 0.29) is 0 Å². The first kappa shape index (κ1) is 20.1. The largest absolute Gasteiger partial charge is 0.497 e. The van der Waals surface area contributed by atoms with Crippen LogP contribution in [0.5, 0.6) is 5.75 Å². The van der Waals surface area contributed by atoms with Crippen molar-refractivity contribution in [3.63, 3.8) is 0 Å². The molecular weight excluding hydrogens is 378 g/mol. The van der Waals surface area contributed by atoms with Crippen molar-refractivity contribution >= 4 is 50.9 Å². The molecule has 0 atom stereocenters. The Morgan fingerprint density at radius 2 is 1.85 bits per heavy atom. The van der Waals surface area contributed by atoms with E-state index in [4.69, 9.17) is 21.3 Å². The zero-order chi connectivity index (χ0) is 19.1. The Balaban J connectivity index is 1.78. The van der Waals surface area contributed by atoms with Crippen molar-refractivity contribution in [1.29, 1.82) is 0 Å². The first-order valence-corrected chi connectivity index (χ1v) is 11.0. The summed E-state index contributed by atoms with van der Waals surface area (Å²) in [5.41, 5.74) is 2.93. The number of methoxy groups -OCH3 is 1. The molecule has 6 heteroatoms. The maximum atomic E-state index is 6.18. The molecule has 0 aliphatic rings. The molecule has 3 aromatic rings. The maximum absolute atomic E-state index is 6.18. The Morgan fingerprint density at radius 3 is 2.67 bits per heavy atom. The van der Waals surface area contributed by atoms with Crippen molar-refractivity contribution in [2.24, 2.45) is 0 Å². The number of anilines is 1. The van der Waals surface area contributed by atoms with Gasteiger partial charge in [0.25, 0.3) is 0 Å². The predicted molar refractivity (Wildman–Crippen MR) is 120 cm³/mol. The van der Waals surface area contributed by atoms with Gasteiger partial charge in [-0.25, -0.2) is 4.98 Å². The van der Waals surface area contributed by atoms with Gasteiger partial charge in [-0.2, -0.15) is 11.8 Å². The van der Waals surface area contributed by atoms with Gasteiger partial charge in [-0.05, 0) is 74.3 Å². The molecule has 0 fully saturated rings. The summed E-state index contributed by atoms with van der Waals surface area (Å²) in [7, 11) is 1.69. The lowest BCUT2D eigenvalue weighted by Gasteiger charge is -2.14. The Morgan fingerprint density at radius 1 is 1.00 bits per heavy atom. The number of halogens is 1. The molecule has 0 amide bonds. The average molecular weight is 404 g/mol. The minimum Gasteiger partial charge on any atom is -0.497 e. The lowest BCUT2D eigenvalue weighted by molar-refractivity contribution is 0.415. The van der Waals surface area contributed by atoms with E-state index >= 15 is 0 Å². The molecule has 0 saturated heterocycles. The van der Waals surface area contributed by atoms with Crippen molar-refractivity contribution in [3.8, 4) is 5.75 Å². The van der Waals surface area contributed by atoms with Crippen LogP contribution in [0.2, 0.25) is 5.02 Å². The third-order valence-electron chi connectivity index (χ3n) is 4.48. The highest BCUT2D eigenvalue weighted by molar-refractivity contribution is 7.98. The first-order valence-electron chi connectivity index (χ1n) is 9.23. The number of pyridine rings is 1. The van der Waals surface area contributed by atoms with Gasteiger partial charge in [-0.1, -0.05) is 11.6 Å². The highest BCUT2D eigenvalue weighted by Gasteiger charge is 2.10. The number of ether oxygens (including phenoxy) is 1. The average Bonchev–Trinajstić information content (AvgIpc) is 2.68. The number of nitrogens with one attached hydrogen (secondary N) is 2. The molecule has 144 valence electrons. The Labute approximate surface area is 170 Å². The molecule has 0 unspecified atom stereocenters. The normalized spacial score (nSPS) is 11.2. The molecule has 4 nitrogen and oxygen atoms in total. The SMILES string of the molecule is COc1ccc2nc3cc(Cl)ccc3c(NCCCNCCCSC)c2c1. The van der Waals surface area contributed by atoms with Crippen LogP contribution in [0, 0.1) is 0 Å². The second kappa shape index (κ2) is 10.0. The van der Waals surface area contributed by atoms with Crippen LogP contribution in [-0.4, -0.2) is 43.7 Å². The van der Waals surface area contributed by atoms with E-state index in [0.29, 0.717) is 5.02 Å². The highest BCUT2D eigenvalue weighted by atomic mass is 35.5. The fourth-order valence-electron chi connectivity index (χ4n) is 3.11. The summed E-state index contributed by atoms with van der Waals surface area (Å²) in [6.45, 7) is 2.98. The minimum absolute atomic E-state index is 0.697. The van der Waals surface area contributed by atoms with E-state index in [1.54, 1.807) is 7.11 Å². The van der Waals surface area contributed by atoms with Gasteiger partial charge in [0.15, 0.2) is 0 Å². The lowest BCUT2D eigenvalue weighted by atomic mass is 10.1. The summed E-state index contributed by atoms with van der Waals surface area (Å²) in [6, 6.07) is 11.8. The van der Waals surface area contributed by atoms with Gasteiger partial charge in [0.2, 0.25) is 0 Å². The van der Waals surface area contributed by atoms with E-state index < -0.39 is 0 Å². The quantitative estimate of drug-likeness (QED) is 0.360. The molecule has 0 bridgehead atoms. The standard InChI is InChI=1S/C21H26ClN3OS/c1-26-16-6-8-19-18(14-16)21(17-7-5-15(22)13-20(17)25-19)24-11-3-9-23-10-4-12-27-2/h5-8,13-14,23H,3-4,9-12H2,1-2H3,(H,24,25). The van der Waals surface area contributed by atoms with Crippen LogP contribution < -0.4 is 15.4 Å². The van der Waals surface area contributed by atoms with E-state index in [9.17, 15) is 0 Å². The Kier molecular flexibility index (Phi) is 7.44. The topological polar surface area (TPSA) is 46.2 Å². The smallest absolute Gasteiger partial charge is 0.119 e. The summed E-state index contributed by atoms with van der Waals surface area (Å²) in [5, 5.41) is 9.97. The second-order valence-electron chi connectivity index (χ2n) is 6.41. The van der Waals surface area contributed by atoms with E-state index in [1.807, 2.05) is 48.2 Å². The molecule has 3 rings (SSSR count). The van der Waals surface area contributed by atoms with Crippen LogP contribution in [0.15, 0.2) is 36.4 Å². The zero-order valence-corrected chi connectivity index (χ0v) is 17.4. The van der Waals surface area contributed by atoms with Crippen LogP contribution >= 0.6 is 23.4 Å². The molecule has 1 heterocycles. The Bertz CT molecular complexity index is 903. The molecule has 0 aliphatic carbocycles. The van der Waals surface area contributed by atoms with Gasteiger partial charge in [0.1, 0.15) is 5.75 Å². The van der Waals surface area contributed by atoms with E-state index in [1.165, 1.54) is 12.2 Å². The summed E-state index contributed by atoms with van der Waals surface area (Å²) < 4.78 is 5.41. The molecule has 0 radical (unpaired) electrons. The summed E-state index contributed by atoms with van der Waals surface area (Å²) in [6.07, 6.45) is 4.42. The molecule has 27 heavy (non-hydrogen) atoms. The van der Waals surface area contributed by atoms with Crippen LogP contribution in [0.25, 0.3) is 21.8 Å². The van der Waals surface area contributed by atoms with E-state index in [2.05, 4.69) is 16.9 Å². The van der Waals surface area contributed by atoms with Crippen molar-refractivity contribution in [2.75, 3.05) is 44.1 Å². The third kappa shape index (κ3) is 5.18. The van der Waals surface area contributed by atoms with Crippen molar-refractivity contribution in [2.45, 2.75) is 12.8 Å². The summed E-state index contributed by atoms with van der Waals surface area (Å²) >= 11 is 8.07. The van der Waals surface area contributed by atoms with Crippen LogP contribution in [0.4, 0.5) is 5.69 Å². The highest BCUT2D eigenvalue weighted by Crippen LogP contribution is 2.34. The summed E-state index contributed by atoms with van der Waals surface area (Å²) in [4.78, 5) is 4.77. The zero-order valence-electron chi connectivity index (χ0n) is 15.8. The molecular formula is C21H26ClN3OS. The van der Waals surface area contributed by atoms with Gasteiger partial charge in [0, 0.05) is 22.3 Å². The van der Waals surface area contributed by atoms with Crippen LogP contribution in [0.1, 0.15) is 12.8 Å². The lowest BCUT2D eigenvalue weighted by Crippen LogP contribution is -2.19. The first-order chi connectivity index (χ1) is 13.2. The number of aromatic nitrogens is 1. The summed E-state index contributed by atoms with van der Waals surface area (Å²) in [5.74, 6) is 2.04. The fraction of sp³-hybridized carbons (Fsp3) is 0.381. The molecule has 0 aliphatic heterocycles. The number of benzene rings is 2. The molecule has 2 N–H and O–H groups in total. The van der Waals surface area contributed by atoms with Gasteiger partial charge >= 0.3 is 0 Å². The molecule has 0 saturated carbocycles. The molecule has 2 aromatic carbocycles. The Hall–Kier alpha value is -1.69. The van der Waals surface area contributed by atoms with Gasteiger partial charge < -0.3 is 15.4 Å². The number of thioether (sulfide) groups is 1. The predicted octanol–water partition coefficient (Wildman–Crippen LogP) is 5.19. The van der Waals surface area contributed by atoms with Crippen molar-refractivity contribution < 1.29 is 4.74 Å². The third-order valence-corrected chi connectivity index (χ3v) is 5.41. The van der Waals surface area contributed by atoms with Crippen LogP contribution in [0.3, 0.4) is 0 Å². The number of fused-ring (bicyclic) bond motifs is 2. The minimum atomic E-state index is 0.697. The maximum Gasteiger partial charge on any atom is 0.119 e. The van der Waals surface area contributed by atoms with E-state index in [0.717, 1.165) is 59.3 Å². The molecule has 0 spiro atoms. The number of hydrogen-bond donors (Lipinski definition) is 2. The van der Waals surface area contributed by atoms with Crippen molar-refractivity contribution in [3.05, 3.63) is 41.4 Å². The monoisotopic (exact) mass is 403 g/mol. The van der Waals surface area contributed by atoms with Gasteiger partial charge in [0.05, 0.1) is 23.8 Å².